The Labute approximate surface area is 444 Å². The van der Waals surface area contributed by atoms with Gasteiger partial charge in [0.2, 0.25) is 29.5 Å². The number of ether oxygens (including phenoxy) is 4. The summed E-state index contributed by atoms with van der Waals surface area (Å²) in [5.74, 6) is -5.54. The van der Waals surface area contributed by atoms with E-state index >= 15 is 4.39 Å². The van der Waals surface area contributed by atoms with Crippen LogP contribution in [0, 0.1) is 12.7 Å². The molecule has 24 nitrogen and oxygen atoms in total. The molecular formula is C53H58FN9O15. The molecule has 1 aliphatic carbocycles. The van der Waals surface area contributed by atoms with Gasteiger partial charge < -0.3 is 60.5 Å². The number of cyclic esters (lactones) is 1. The molecule has 0 fully saturated rings. The summed E-state index contributed by atoms with van der Waals surface area (Å²) in [5, 5.41) is 27.2. The van der Waals surface area contributed by atoms with E-state index in [0.717, 1.165) is 22.6 Å². The quantitative estimate of drug-likeness (QED) is 0.0198. The molecule has 0 saturated carbocycles. The second kappa shape index (κ2) is 24.3. The van der Waals surface area contributed by atoms with Gasteiger partial charge in [0.1, 0.15) is 31.3 Å². The maximum Gasteiger partial charge on any atom is 0.407 e. The summed E-state index contributed by atoms with van der Waals surface area (Å²) >= 11 is 0. The van der Waals surface area contributed by atoms with Crippen molar-refractivity contribution in [3.8, 4) is 11.4 Å². The third-order valence-corrected chi connectivity index (χ3v) is 13.8. The normalized spacial score (nSPS) is 17.5. The number of fused-ring (bicyclic) bond motifs is 5. The van der Waals surface area contributed by atoms with Gasteiger partial charge >= 0.3 is 12.1 Å². The van der Waals surface area contributed by atoms with Gasteiger partial charge in [-0.3, -0.25) is 43.3 Å². The number of hydrogen-bond acceptors (Lipinski definition) is 16. The minimum atomic E-state index is -2.05. The number of esters is 1. The zero-order chi connectivity index (χ0) is 55.8. The summed E-state index contributed by atoms with van der Waals surface area (Å²) in [6, 6.07) is 9.77. The first-order valence-corrected chi connectivity index (χ1v) is 25.3. The van der Waals surface area contributed by atoms with Crippen LogP contribution in [0.15, 0.2) is 59.4 Å². The molecule has 2 aromatic heterocycles. The van der Waals surface area contributed by atoms with Crippen molar-refractivity contribution in [1.29, 1.82) is 0 Å². The maximum absolute atomic E-state index is 15.4. The van der Waals surface area contributed by atoms with Crippen molar-refractivity contribution in [2.24, 2.45) is 0 Å². The summed E-state index contributed by atoms with van der Waals surface area (Å²) in [6.07, 6.45) is 1.28. The van der Waals surface area contributed by atoms with Crippen LogP contribution in [-0.2, 0) is 88.9 Å². The van der Waals surface area contributed by atoms with Crippen LogP contribution in [0.3, 0.4) is 0 Å². The SMILES string of the molecule is CC[C@@]1(O)C(=O)OCc2c1cc1n(c2=O)Cc2c-1nc1cc(F)c(C)c3c1c2[C@@H](NC(=O)O[C@H](C)COCNC(=O)CNC(=O)[C@H](Cc1ccccc1)NC(=O)CNC(=O)CNC(=O)CCOCCN1C(=O)C=CC1=O)CC3. The van der Waals surface area contributed by atoms with Crippen molar-refractivity contribution in [3.63, 3.8) is 0 Å². The number of aliphatic hydroxyl groups is 1. The Morgan fingerprint density at radius 3 is 2.33 bits per heavy atom. The lowest BCUT2D eigenvalue weighted by molar-refractivity contribution is -0.172. The molecule has 5 heterocycles. The molecule has 412 valence electrons. The van der Waals surface area contributed by atoms with E-state index < -0.39 is 108 Å². The molecule has 3 aliphatic heterocycles. The Balaban J connectivity index is 0.783. The van der Waals surface area contributed by atoms with Gasteiger partial charge in [-0.25, -0.2) is 19.0 Å². The summed E-state index contributed by atoms with van der Waals surface area (Å²) < 4.78 is 38.5. The Morgan fingerprint density at radius 1 is 0.885 bits per heavy atom. The second-order valence-corrected chi connectivity index (χ2v) is 19.0. The number of hydrogen-bond donors (Lipinski definition) is 7. The standard InChI is InChI=1S/C53H58FN9O15/c1-4-53(74)34-19-39-48-32(24-63(39)50(71)33(34)26-77-51(53)72)47-36(11-10-31-29(3)35(54)20-37(60-48)46(31)47)61-52(73)78-28(2)25-76-27-58-42(66)22-57-49(70)38(18-30-8-6-5-7-9-30)59-43(67)23-56-41(65)21-55-40(64)14-16-75-17-15-62-44(68)12-13-45(62)69/h5-9,12-13,19-20,28,36,38,74H,4,10-11,14-18,21-27H2,1-3H3,(H,55,64)(H,56,65)(H,57,70)(H,58,66)(H,59,67)(H,61,73)/t28-,36+,38+,53+/m1/s1. The van der Waals surface area contributed by atoms with E-state index in [9.17, 15) is 53.1 Å². The Bertz CT molecular complexity index is 3170. The van der Waals surface area contributed by atoms with Crippen molar-refractivity contribution < 1.29 is 71.6 Å². The molecule has 2 aromatic carbocycles. The average molecular weight is 1080 g/mol. The highest BCUT2D eigenvalue weighted by atomic mass is 19.1. The zero-order valence-corrected chi connectivity index (χ0v) is 42.9. The number of carbonyl (C=O) groups is 9. The molecule has 0 spiro atoms. The van der Waals surface area contributed by atoms with Gasteiger partial charge in [0.15, 0.2) is 5.60 Å². The van der Waals surface area contributed by atoms with E-state index in [0.29, 0.717) is 57.4 Å². The molecule has 0 radical (unpaired) electrons. The number of rotatable bonds is 23. The van der Waals surface area contributed by atoms with Crippen LogP contribution >= 0.6 is 0 Å². The van der Waals surface area contributed by atoms with Crippen LogP contribution in [0.2, 0.25) is 0 Å². The van der Waals surface area contributed by atoms with E-state index in [1.54, 1.807) is 57.2 Å². The van der Waals surface area contributed by atoms with Crippen LogP contribution in [-0.4, -0.2) is 138 Å². The summed E-state index contributed by atoms with van der Waals surface area (Å²) in [5.41, 5.74) is 1.80. The number of benzene rings is 2. The topological polar surface area (TPSA) is 321 Å². The molecule has 0 bridgehead atoms. The lowest BCUT2D eigenvalue weighted by Gasteiger charge is -2.31. The number of pyridine rings is 2. The highest BCUT2D eigenvalue weighted by Crippen LogP contribution is 2.46. The molecule has 8 amide bonds. The molecule has 4 aliphatic rings. The fraction of sp³-hybridized carbons (Fsp3) is 0.415. The molecule has 78 heavy (non-hydrogen) atoms. The summed E-state index contributed by atoms with van der Waals surface area (Å²) in [6.45, 7) is 2.59. The number of nitrogens with one attached hydrogen (secondary N) is 6. The number of aryl methyl sites for hydroxylation is 1. The average Bonchev–Trinajstić information content (AvgIpc) is 4.15. The number of nitrogens with zero attached hydrogens (tertiary/aromatic N) is 3. The van der Waals surface area contributed by atoms with E-state index in [1.165, 1.54) is 10.6 Å². The summed E-state index contributed by atoms with van der Waals surface area (Å²) in [4.78, 5) is 133. The lowest BCUT2D eigenvalue weighted by atomic mass is 9.81. The third kappa shape index (κ3) is 12.4. The molecule has 4 atom stereocenters. The number of aromatic nitrogens is 2. The Hall–Kier alpha value is -8.42. The van der Waals surface area contributed by atoms with Gasteiger partial charge in [-0.05, 0) is 61.4 Å². The van der Waals surface area contributed by atoms with Crippen molar-refractivity contribution in [2.45, 2.75) is 89.8 Å². The van der Waals surface area contributed by atoms with Gasteiger partial charge in [-0.2, -0.15) is 0 Å². The Kier molecular flexibility index (Phi) is 17.4. The van der Waals surface area contributed by atoms with Crippen LogP contribution < -0.4 is 37.5 Å². The molecule has 25 heteroatoms. The van der Waals surface area contributed by atoms with E-state index in [-0.39, 0.29) is 76.6 Å². The van der Waals surface area contributed by atoms with Gasteiger partial charge in [-0.15, -0.1) is 0 Å². The highest BCUT2D eigenvalue weighted by Gasteiger charge is 2.46. The van der Waals surface area contributed by atoms with Crippen LogP contribution in [0.25, 0.3) is 22.3 Å². The highest BCUT2D eigenvalue weighted by molar-refractivity contribution is 6.12. The van der Waals surface area contributed by atoms with Crippen molar-refractivity contribution >= 4 is 64.3 Å². The van der Waals surface area contributed by atoms with Gasteiger partial charge in [0, 0.05) is 47.6 Å². The molecule has 8 rings (SSSR count). The first-order valence-electron chi connectivity index (χ1n) is 25.3. The lowest BCUT2D eigenvalue weighted by Crippen LogP contribution is -2.52. The number of amides is 8. The van der Waals surface area contributed by atoms with Crippen LogP contribution in [0.4, 0.5) is 9.18 Å². The van der Waals surface area contributed by atoms with Crippen molar-refractivity contribution in [2.75, 3.05) is 52.7 Å². The van der Waals surface area contributed by atoms with Crippen LogP contribution in [0.5, 0.6) is 0 Å². The van der Waals surface area contributed by atoms with Crippen molar-refractivity contribution in [1.82, 2.24) is 46.4 Å². The monoisotopic (exact) mass is 1080 g/mol. The molecule has 7 N–H and O–H groups in total. The number of alkyl carbamates (subject to hydrolysis) is 1. The molecular weight excluding hydrogens is 1020 g/mol. The van der Waals surface area contributed by atoms with Crippen LogP contribution in [0.1, 0.15) is 78.1 Å². The van der Waals surface area contributed by atoms with Gasteiger partial charge in [0.25, 0.3) is 17.4 Å². The number of imide groups is 1. The largest absolute Gasteiger partial charge is 0.458 e. The zero-order valence-electron chi connectivity index (χ0n) is 42.9. The molecule has 0 saturated heterocycles. The smallest absolute Gasteiger partial charge is 0.407 e. The predicted octanol–water partition coefficient (Wildman–Crippen LogP) is 0.127. The maximum atomic E-state index is 15.4. The van der Waals surface area contributed by atoms with E-state index in [1.807, 2.05) is 0 Å². The summed E-state index contributed by atoms with van der Waals surface area (Å²) in [7, 11) is 0. The van der Waals surface area contributed by atoms with E-state index in [4.69, 9.17) is 23.9 Å². The minimum absolute atomic E-state index is 0.0199. The fourth-order valence-electron chi connectivity index (χ4n) is 9.69. The molecule has 0 unspecified atom stereocenters. The number of carbonyl (C=O) groups excluding carboxylic acids is 9. The molecule has 4 aromatic rings. The van der Waals surface area contributed by atoms with Crippen molar-refractivity contribution in [3.05, 3.63) is 110 Å². The Morgan fingerprint density at radius 2 is 1.59 bits per heavy atom. The fourth-order valence-corrected chi connectivity index (χ4v) is 9.69. The third-order valence-electron chi connectivity index (χ3n) is 13.8. The van der Waals surface area contributed by atoms with E-state index in [2.05, 4.69) is 31.9 Å². The predicted molar refractivity (Wildman–Crippen MR) is 271 cm³/mol. The van der Waals surface area contributed by atoms with Gasteiger partial charge in [-0.1, -0.05) is 37.3 Å². The van der Waals surface area contributed by atoms with Gasteiger partial charge in [0.05, 0.1) is 81.1 Å². The minimum Gasteiger partial charge on any atom is -0.458 e. The first-order chi connectivity index (χ1) is 37.4. The first kappa shape index (κ1) is 55.8. The second-order valence-electron chi connectivity index (χ2n) is 19.0. The number of halogens is 1.